The zero-order valence-corrected chi connectivity index (χ0v) is 12.3. The molecule has 21 heavy (non-hydrogen) atoms. The summed E-state index contributed by atoms with van der Waals surface area (Å²) >= 11 is 0. The van der Waals surface area contributed by atoms with E-state index < -0.39 is 0 Å². The van der Waals surface area contributed by atoms with Crippen molar-refractivity contribution in [2.45, 2.75) is 25.9 Å². The number of benzene rings is 1. The van der Waals surface area contributed by atoms with Crippen molar-refractivity contribution >= 4 is 0 Å². The Labute approximate surface area is 123 Å². The second kappa shape index (κ2) is 5.54. The Morgan fingerprint density at radius 1 is 1.29 bits per heavy atom. The minimum Gasteiger partial charge on any atom is -0.419 e. The van der Waals surface area contributed by atoms with Crippen molar-refractivity contribution in [3.63, 3.8) is 0 Å². The highest BCUT2D eigenvalue weighted by Crippen LogP contribution is 2.22. The number of halogens is 1. The van der Waals surface area contributed by atoms with Gasteiger partial charge >= 0.3 is 0 Å². The largest absolute Gasteiger partial charge is 0.419 e. The zero-order valence-electron chi connectivity index (χ0n) is 12.3. The van der Waals surface area contributed by atoms with Gasteiger partial charge in [-0.25, -0.2) is 4.39 Å². The average molecular weight is 290 g/mol. The van der Waals surface area contributed by atoms with Crippen LogP contribution < -0.4 is 5.32 Å². The molecular formula is C15H19FN4O. The first-order chi connectivity index (χ1) is 10.0. The molecule has 1 aliphatic rings. The van der Waals surface area contributed by atoms with E-state index >= 15 is 0 Å². The van der Waals surface area contributed by atoms with Gasteiger partial charge in [0, 0.05) is 30.7 Å². The molecule has 1 aromatic carbocycles. The smallest absolute Gasteiger partial charge is 0.247 e. The van der Waals surface area contributed by atoms with Crippen molar-refractivity contribution in [1.82, 2.24) is 20.4 Å². The van der Waals surface area contributed by atoms with E-state index in [1.807, 2.05) is 0 Å². The number of rotatable bonds is 3. The quantitative estimate of drug-likeness (QED) is 0.937. The fraction of sp³-hybridized carbons (Fsp3) is 0.467. The molecule has 0 aliphatic carbocycles. The standard InChI is InChI=1S/C15H19FN4O/c1-15(2)10-17-7-8-20(15)9-13-18-19-14(21-13)11-3-5-12(16)6-4-11/h3-6,17H,7-10H2,1-2H3. The molecule has 0 unspecified atom stereocenters. The van der Waals surface area contributed by atoms with Gasteiger partial charge in [0.15, 0.2) is 0 Å². The summed E-state index contributed by atoms with van der Waals surface area (Å²) < 4.78 is 18.6. The van der Waals surface area contributed by atoms with Gasteiger partial charge < -0.3 is 9.73 Å². The molecule has 1 aromatic heterocycles. The van der Waals surface area contributed by atoms with Gasteiger partial charge in [-0.15, -0.1) is 10.2 Å². The molecule has 2 heterocycles. The summed E-state index contributed by atoms with van der Waals surface area (Å²) in [5.74, 6) is 0.739. The monoisotopic (exact) mass is 290 g/mol. The molecule has 1 N–H and O–H groups in total. The van der Waals surface area contributed by atoms with Crippen molar-refractivity contribution < 1.29 is 8.81 Å². The van der Waals surface area contributed by atoms with Crippen molar-refractivity contribution in [3.8, 4) is 11.5 Å². The van der Waals surface area contributed by atoms with Gasteiger partial charge in [0.1, 0.15) is 5.82 Å². The lowest BCUT2D eigenvalue weighted by molar-refractivity contribution is 0.0737. The van der Waals surface area contributed by atoms with E-state index in [4.69, 9.17) is 4.42 Å². The average Bonchev–Trinajstić information content (AvgIpc) is 2.90. The molecule has 3 rings (SSSR count). The lowest BCUT2D eigenvalue weighted by atomic mass is 10.0. The lowest BCUT2D eigenvalue weighted by Crippen LogP contribution is -2.57. The van der Waals surface area contributed by atoms with Crippen molar-refractivity contribution in [2.75, 3.05) is 19.6 Å². The highest BCUT2D eigenvalue weighted by Gasteiger charge is 2.30. The van der Waals surface area contributed by atoms with Crippen LogP contribution in [-0.2, 0) is 6.54 Å². The molecule has 5 nitrogen and oxygen atoms in total. The van der Waals surface area contributed by atoms with E-state index in [1.54, 1.807) is 12.1 Å². The van der Waals surface area contributed by atoms with Crippen molar-refractivity contribution in [2.24, 2.45) is 0 Å². The first-order valence-electron chi connectivity index (χ1n) is 7.09. The Balaban J connectivity index is 1.74. The molecule has 0 spiro atoms. The third kappa shape index (κ3) is 3.11. The van der Waals surface area contributed by atoms with E-state index in [9.17, 15) is 4.39 Å². The van der Waals surface area contributed by atoms with Gasteiger partial charge in [-0.2, -0.15) is 0 Å². The van der Waals surface area contributed by atoms with E-state index in [1.165, 1.54) is 12.1 Å². The zero-order chi connectivity index (χ0) is 14.9. The van der Waals surface area contributed by atoms with Crippen LogP contribution in [0.1, 0.15) is 19.7 Å². The van der Waals surface area contributed by atoms with Crippen LogP contribution in [0.3, 0.4) is 0 Å². The van der Waals surface area contributed by atoms with E-state index in [2.05, 4.69) is 34.3 Å². The van der Waals surface area contributed by atoms with Crippen LogP contribution in [-0.4, -0.2) is 40.3 Å². The Bertz CT molecular complexity index is 608. The summed E-state index contributed by atoms with van der Waals surface area (Å²) in [7, 11) is 0. The molecule has 0 bridgehead atoms. The predicted molar refractivity (Wildman–Crippen MR) is 77.1 cm³/mol. The Hall–Kier alpha value is -1.79. The number of hydrogen-bond acceptors (Lipinski definition) is 5. The molecule has 0 radical (unpaired) electrons. The molecular weight excluding hydrogens is 271 g/mol. The fourth-order valence-electron chi connectivity index (χ4n) is 2.51. The summed E-state index contributed by atoms with van der Waals surface area (Å²) in [4.78, 5) is 2.32. The summed E-state index contributed by atoms with van der Waals surface area (Å²) in [6.45, 7) is 7.85. The summed E-state index contributed by atoms with van der Waals surface area (Å²) in [5, 5.41) is 11.5. The van der Waals surface area contributed by atoms with Gasteiger partial charge in [0.25, 0.3) is 0 Å². The molecule has 2 aromatic rings. The normalized spacial score (nSPS) is 18.8. The minimum atomic E-state index is -0.277. The van der Waals surface area contributed by atoms with E-state index in [0.29, 0.717) is 18.3 Å². The van der Waals surface area contributed by atoms with Gasteiger partial charge in [0.05, 0.1) is 6.54 Å². The SMILES string of the molecule is CC1(C)CNCCN1Cc1nnc(-c2ccc(F)cc2)o1. The summed E-state index contributed by atoms with van der Waals surface area (Å²) in [6.07, 6.45) is 0. The molecule has 0 saturated carbocycles. The van der Waals surface area contributed by atoms with Crippen LogP contribution in [0.5, 0.6) is 0 Å². The molecule has 0 amide bonds. The first-order valence-corrected chi connectivity index (χ1v) is 7.09. The Kier molecular flexibility index (Phi) is 3.73. The van der Waals surface area contributed by atoms with Crippen LogP contribution in [0, 0.1) is 5.82 Å². The van der Waals surface area contributed by atoms with Gasteiger partial charge in [-0.3, -0.25) is 4.90 Å². The maximum absolute atomic E-state index is 12.9. The second-order valence-corrected chi connectivity index (χ2v) is 5.92. The number of nitrogens with one attached hydrogen (secondary N) is 1. The van der Waals surface area contributed by atoms with Gasteiger partial charge in [-0.05, 0) is 38.1 Å². The van der Waals surface area contributed by atoms with Crippen molar-refractivity contribution in [1.29, 1.82) is 0 Å². The number of hydrogen-bond donors (Lipinski definition) is 1. The minimum absolute atomic E-state index is 0.0583. The Morgan fingerprint density at radius 2 is 2.05 bits per heavy atom. The van der Waals surface area contributed by atoms with Crippen LogP contribution in [0.2, 0.25) is 0 Å². The molecule has 0 atom stereocenters. The Morgan fingerprint density at radius 3 is 2.76 bits per heavy atom. The summed E-state index contributed by atoms with van der Waals surface area (Å²) in [6, 6.07) is 6.06. The van der Waals surface area contributed by atoms with Gasteiger partial charge in [0.2, 0.25) is 11.8 Å². The third-order valence-electron chi connectivity index (χ3n) is 3.86. The number of nitrogens with zero attached hydrogens (tertiary/aromatic N) is 3. The molecule has 6 heteroatoms. The maximum atomic E-state index is 12.9. The molecule has 112 valence electrons. The van der Waals surface area contributed by atoms with Gasteiger partial charge in [-0.1, -0.05) is 0 Å². The van der Waals surface area contributed by atoms with E-state index in [0.717, 1.165) is 25.2 Å². The first kappa shape index (κ1) is 14.2. The van der Waals surface area contributed by atoms with Crippen molar-refractivity contribution in [3.05, 3.63) is 36.0 Å². The predicted octanol–water partition coefficient (Wildman–Crippen LogP) is 2.06. The third-order valence-corrected chi connectivity index (χ3v) is 3.86. The molecule has 1 saturated heterocycles. The summed E-state index contributed by atoms with van der Waals surface area (Å²) in [5.41, 5.74) is 0.790. The maximum Gasteiger partial charge on any atom is 0.247 e. The van der Waals surface area contributed by atoms with Crippen LogP contribution in [0.25, 0.3) is 11.5 Å². The second-order valence-electron chi connectivity index (χ2n) is 5.92. The highest BCUT2D eigenvalue weighted by atomic mass is 19.1. The molecule has 1 fully saturated rings. The molecule has 1 aliphatic heterocycles. The topological polar surface area (TPSA) is 54.2 Å². The highest BCUT2D eigenvalue weighted by molar-refractivity contribution is 5.51. The lowest BCUT2D eigenvalue weighted by Gasteiger charge is -2.42. The number of aromatic nitrogens is 2. The van der Waals surface area contributed by atoms with E-state index in [-0.39, 0.29) is 11.4 Å². The number of piperazine rings is 1. The van der Waals surface area contributed by atoms with Crippen LogP contribution in [0.4, 0.5) is 4.39 Å². The fourth-order valence-corrected chi connectivity index (χ4v) is 2.51. The van der Waals surface area contributed by atoms with Crippen LogP contribution in [0.15, 0.2) is 28.7 Å². The van der Waals surface area contributed by atoms with Crippen LogP contribution >= 0.6 is 0 Å².